The minimum atomic E-state index is 0.707. The monoisotopic (exact) mass is 299 g/mol. The number of imidazole rings is 1. The fourth-order valence-corrected chi connectivity index (χ4v) is 2.72. The molecule has 0 amide bonds. The number of nitrogens with zero attached hydrogens (tertiary/aromatic N) is 2. The maximum absolute atomic E-state index is 6.08. The van der Waals surface area contributed by atoms with E-state index in [2.05, 4.69) is 17.6 Å². The molecular weight excluding hydrogens is 282 g/mol. The second-order valence-electron chi connectivity index (χ2n) is 5.29. The number of halogens is 1. The van der Waals surface area contributed by atoms with Crippen LogP contribution in [0.4, 0.5) is 5.69 Å². The number of aromatic nitrogens is 2. The van der Waals surface area contributed by atoms with Crippen LogP contribution in [0.25, 0.3) is 22.4 Å². The van der Waals surface area contributed by atoms with Gasteiger partial charge in [-0.25, -0.2) is 4.98 Å². The molecule has 0 atom stereocenters. The molecule has 3 rings (SSSR count). The van der Waals surface area contributed by atoms with Crippen LogP contribution in [0, 0.1) is 6.92 Å². The lowest BCUT2D eigenvalue weighted by Gasteiger charge is -2.09. The van der Waals surface area contributed by atoms with Gasteiger partial charge in [-0.15, -0.1) is 0 Å². The summed E-state index contributed by atoms with van der Waals surface area (Å²) in [7, 11) is 0. The maximum Gasteiger partial charge on any atom is 0.141 e. The van der Waals surface area contributed by atoms with Crippen molar-refractivity contribution in [3.05, 3.63) is 47.0 Å². The van der Waals surface area contributed by atoms with Gasteiger partial charge in [-0.3, -0.25) is 0 Å². The average Bonchev–Trinajstić information content (AvgIpc) is 2.80. The molecule has 108 valence electrons. The van der Waals surface area contributed by atoms with E-state index >= 15 is 0 Å². The highest BCUT2D eigenvalue weighted by atomic mass is 35.5. The normalized spacial score (nSPS) is 11.2. The number of anilines is 1. The highest BCUT2D eigenvalue weighted by molar-refractivity contribution is 6.31. The van der Waals surface area contributed by atoms with Crippen molar-refractivity contribution in [1.29, 1.82) is 0 Å². The molecule has 4 heteroatoms. The van der Waals surface area contributed by atoms with E-state index in [9.17, 15) is 0 Å². The van der Waals surface area contributed by atoms with Gasteiger partial charge in [-0.2, -0.15) is 0 Å². The number of nitrogen functional groups attached to an aromatic ring is 1. The summed E-state index contributed by atoms with van der Waals surface area (Å²) in [6.45, 7) is 5.09. The topological polar surface area (TPSA) is 43.8 Å². The van der Waals surface area contributed by atoms with Crippen molar-refractivity contribution in [2.24, 2.45) is 0 Å². The highest BCUT2D eigenvalue weighted by Crippen LogP contribution is 2.29. The molecular formula is C17H18ClN3. The lowest BCUT2D eigenvalue weighted by Crippen LogP contribution is -2.00. The summed E-state index contributed by atoms with van der Waals surface area (Å²) >= 11 is 6.08. The van der Waals surface area contributed by atoms with Crippen LogP contribution >= 0.6 is 11.6 Å². The van der Waals surface area contributed by atoms with E-state index in [1.54, 1.807) is 0 Å². The van der Waals surface area contributed by atoms with Gasteiger partial charge in [0.05, 0.1) is 11.0 Å². The first-order valence-electron chi connectivity index (χ1n) is 7.12. The SMILES string of the molecule is CCCn1c(-c2ccc(C)c(N)c2)nc2cc(Cl)ccc21. The fraction of sp³-hybridized carbons (Fsp3) is 0.235. The van der Waals surface area contributed by atoms with Gasteiger partial charge in [0.25, 0.3) is 0 Å². The van der Waals surface area contributed by atoms with Gasteiger partial charge in [-0.05, 0) is 43.2 Å². The van der Waals surface area contributed by atoms with E-state index < -0.39 is 0 Å². The molecule has 2 aromatic carbocycles. The van der Waals surface area contributed by atoms with Gasteiger partial charge in [0.15, 0.2) is 0 Å². The molecule has 0 bridgehead atoms. The molecule has 0 saturated heterocycles. The second kappa shape index (κ2) is 5.41. The minimum absolute atomic E-state index is 0.707. The molecule has 0 radical (unpaired) electrons. The summed E-state index contributed by atoms with van der Waals surface area (Å²) in [5.74, 6) is 0.945. The van der Waals surface area contributed by atoms with Crippen molar-refractivity contribution >= 4 is 28.3 Å². The van der Waals surface area contributed by atoms with E-state index in [4.69, 9.17) is 22.3 Å². The third kappa shape index (κ3) is 2.49. The van der Waals surface area contributed by atoms with Crippen LogP contribution < -0.4 is 5.73 Å². The zero-order valence-electron chi connectivity index (χ0n) is 12.2. The average molecular weight is 300 g/mol. The van der Waals surface area contributed by atoms with Crippen LogP contribution in [0.3, 0.4) is 0 Å². The van der Waals surface area contributed by atoms with E-state index in [0.717, 1.165) is 46.6 Å². The summed E-state index contributed by atoms with van der Waals surface area (Å²) in [5.41, 5.74) is 11.0. The van der Waals surface area contributed by atoms with Gasteiger partial charge < -0.3 is 10.3 Å². The van der Waals surface area contributed by atoms with Crippen molar-refractivity contribution in [3.8, 4) is 11.4 Å². The van der Waals surface area contributed by atoms with Crippen LogP contribution in [0.5, 0.6) is 0 Å². The Morgan fingerprint density at radius 1 is 1.19 bits per heavy atom. The number of fused-ring (bicyclic) bond motifs is 1. The van der Waals surface area contributed by atoms with Crippen LogP contribution in [0.15, 0.2) is 36.4 Å². The molecule has 1 heterocycles. The summed E-state index contributed by atoms with van der Waals surface area (Å²) in [4.78, 5) is 4.76. The Labute approximate surface area is 129 Å². The van der Waals surface area contributed by atoms with Crippen molar-refractivity contribution in [2.75, 3.05) is 5.73 Å². The number of hydrogen-bond acceptors (Lipinski definition) is 2. The third-order valence-corrected chi connectivity index (χ3v) is 3.93. The smallest absolute Gasteiger partial charge is 0.141 e. The van der Waals surface area contributed by atoms with Gasteiger partial charge in [0, 0.05) is 22.8 Å². The number of rotatable bonds is 3. The van der Waals surface area contributed by atoms with Crippen molar-refractivity contribution in [1.82, 2.24) is 9.55 Å². The quantitative estimate of drug-likeness (QED) is 0.715. The van der Waals surface area contributed by atoms with Gasteiger partial charge in [0.2, 0.25) is 0 Å². The predicted molar refractivity (Wildman–Crippen MR) is 89.6 cm³/mol. The fourth-order valence-electron chi connectivity index (χ4n) is 2.55. The molecule has 0 unspecified atom stereocenters. The summed E-state index contributed by atoms with van der Waals surface area (Å²) in [5, 5.41) is 0.707. The number of hydrogen-bond donors (Lipinski definition) is 1. The Morgan fingerprint density at radius 2 is 2.00 bits per heavy atom. The molecule has 0 aliphatic heterocycles. The summed E-state index contributed by atoms with van der Waals surface area (Å²) in [6.07, 6.45) is 1.04. The Bertz CT molecular complexity index is 805. The predicted octanol–water partition coefficient (Wildman–Crippen LogP) is 4.66. The summed E-state index contributed by atoms with van der Waals surface area (Å²) < 4.78 is 2.23. The van der Waals surface area contributed by atoms with E-state index in [0.29, 0.717) is 5.02 Å². The van der Waals surface area contributed by atoms with Crippen LogP contribution in [-0.4, -0.2) is 9.55 Å². The Kier molecular flexibility index (Phi) is 3.60. The Hall–Kier alpha value is -2.00. The first kappa shape index (κ1) is 14.0. The Morgan fingerprint density at radius 3 is 2.71 bits per heavy atom. The summed E-state index contributed by atoms with van der Waals surface area (Å²) in [6, 6.07) is 11.9. The molecule has 0 aliphatic carbocycles. The first-order chi connectivity index (χ1) is 10.1. The van der Waals surface area contributed by atoms with Crippen LogP contribution in [0.2, 0.25) is 5.02 Å². The lowest BCUT2D eigenvalue weighted by molar-refractivity contribution is 0.704. The molecule has 0 fully saturated rings. The molecule has 1 aromatic heterocycles. The van der Waals surface area contributed by atoms with E-state index in [-0.39, 0.29) is 0 Å². The molecule has 21 heavy (non-hydrogen) atoms. The highest BCUT2D eigenvalue weighted by Gasteiger charge is 2.13. The lowest BCUT2D eigenvalue weighted by atomic mass is 10.1. The van der Waals surface area contributed by atoms with Crippen molar-refractivity contribution < 1.29 is 0 Å². The van der Waals surface area contributed by atoms with Crippen LogP contribution in [0.1, 0.15) is 18.9 Å². The molecule has 0 saturated carbocycles. The first-order valence-corrected chi connectivity index (χ1v) is 7.50. The molecule has 0 aliphatic rings. The standard InChI is InChI=1S/C17H18ClN3/c1-3-8-21-16-7-6-13(18)10-15(16)20-17(21)12-5-4-11(2)14(19)9-12/h4-7,9-10H,3,8,19H2,1-2H3. The van der Waals surface area contributed by atoms with Gasteiger partial charge >= 0.3 is 0 Å². The molecule has 3 nitrogen and oxygen atoms in total. The van der Waals surface area contributed by atoms with E-state index in [1.807, 2.05) is 37.3 Å². The largest absolute Gasteiger partial charge is 0.398 e. The van der Waals surface area contributed by atoms with Crippen LogP contribution in [-0.2, 0) is 6.54 Å². The van der Waals surface area contributed by atoms with Crippen molar-refractivity contribution in [3.63, 3.8) is 0 Å². The second-order valence-corrected chi connectivity index (χ2v) is 5.73. The minimum Gasteiger partial charge on any atom is -0.398 e. The van der Waals surface area contributed by atoms with Crippen molar-refractivity contribution in [2.45, 2.75) is 26.8 Å². The molecule has 0 spiro atoms. The number of nitrogens with two attached hydrogens (primary N) is 1. The number of aryl methyl sites for hydroxylation is 2. The third-order valence-electron chi connectivity index (χ3n) is 3.69. The zero-order chi connectivity index (χ0) is 15.0. The number of benzene rings is 2. The van der Waals surface area contributed by atoms with Gasteiger partial charge in [0.1, 0.15) is 5.82 Å². The zero-order valence-corrected chi connectivity index (χ0v) is 13.0. The van der Waals surface area contributed by atoms with E-state index in [1.165, 1.54) is 0 Å². The molecule has 3 aromatic rings. The van der Waals surface area contributed by atoms with Gasteiger partial charge in [-0.1, -0.05) is 30.7 Å². The molecule has 2 N–H and O–H groups in total. The maximum atomic E-state index is 6.08. The Balaban J connectivity index is 2.24.